The molecule has 32 heteroatoms. The Bertz CT molecular complexity index is 5660. The van der Waals surface area contributed by atoms with Gasteiger partial charge in [-0.1, -0.05) is 64.1 Å². The largest absolute Gasteiger partial charge is 0.453 e. The van der Waals surface area contributed by atoms with Crippen LogP contribution < -0.4 is 25.3 Å². The third-order valence-corrected chi connectivity index (χ3v) is 27.8. The molecular formula is C101H114Cl3F3N14O9S3. The zero-order chi connectivity index (χ0) is 93.9. The summed E-state index contributed by atoms with van der Waals surface area (Å²) < 4.78 is 65.2. The van der Waals surface area contributed by atoms with E-state index < -0.39 is 22.7 Å². The highest BCUT2D eigenvalue weighted by atomic mass is 35.5. The van der Waals surface area contributed by atoms with Crippen LogP contribution in [0.15, 0.2) is 165 Å². The van der Waals surface area contributed by atoms with Crippen LogP contribution >= 0.6 is 68.8 Å². The predicted octanol–water partition coefficient (Wildman–Crippen LogP) is 19.9. The van der Waals surface area contributed by atoms with Crippen molar-refractivity contribution in [2.45, 2.75) is 131 Å². The highest BCUT2D eigenvalue weighted by molar-refractivity contribution is 7.23. The van der Waals surface area contributed by atoms with Gasteiger partial charge in [0.2, 0.25) is 17.1 Å². The fraction of sp³-hybridized carbons (Fsp3) is 0.406. The van der Waals surface area contributed by atoms with Crippen molar-refractivity contribution in [2.24, 2.45) is 23.5 Å². The number of ketones is 3. The smallest absolute Gasteiger partial charge is 0.237 e. The van der Waals surface area contributed by atoms with E-state index in [0.29, 0.717) is 90.5 Å². The van der Waals surface area contributed by atoms with Gasteiger partial charge in [0.1, 0.15) is 40.5 Å². The van der Waals surface area contributed by atoms with Gasteiger partial charge in [0, 0.05) is 198 Å². The Balaban J connectivity index is 0.000000158. The summed E-state index contributed by atoms with van der Waals surface area (Å²) in [5.74, 6) is 2.72. The molecule has 702 valence electrons. The van der Waals surface area contributed by atoms with Crippen molar-refractivity contribution in [1.29, 1.82) is 0 Å². The average molecular weight is 1930 g/mol. The van der Waals surface area contributed by atoms with Gasteiger partial charge < -0.3 is 40.0 Å². The molecule has 3 aliphatic heterocycles. The molecule has 3 aliphatic carbocycles. The van der Waals surface area contributed by atoms with Crippen molar-refractivity contribution >= 4 is 134 Å². The van der Waals surface area contributed by atoms with E-state index in [1.165, 1.54) is 84.5 Å². The molecule has 6 aliphatic rings. The first-order chi connectivity index (χ1) is 64.6. The molecule has 0 spiro atoms. The van der Waals surface area contributed by atoms with Gasteiger partial charge in [-0.05, 0) is 201 Å². The second kappa shape index (κ2) is 49.9. The minimum atomic E-state index is -0.508. The molecule has 0 bridgehead atoms. The fourth-order valence-corrected chi connectivity index (χ4v) is 19.0. The first-order valence-corrected chi connectivity index (χ1v) is 49.5. The Labute approximate surface area is 801 Å². The minimum absolute atomic E-state index is 0.0150. The van der Waals surface area contributed by atoms with Crippen molar-refractivity contribution in [3.05, 3.63) is 215 Å². The van der Waals surface area contributed by atoms with E-state index >= 15 is 0 Å². The number of hydrogen-bond acceptors (Lipinski definition) is 24. The second-order valence-electron chi connectivity index (χ2n) is 33.7. The lowest BCUT2D eigenvalue weighted by Gasteiger charge is -2.34. The summed E-state index contributed by atoms with van der Waals surface area (Å²) >= 11 is 19.8. The number of aromatic nitrogens is 6. The molecule has 0 radical (unpaired) electrons. The van der Waals surface area contributed by atoms with Crippen LogP contribution in [0.1, 0.15) is 125 Å². The number of rotatable bonds is 33. The number of halogens is 6. The monoisotopic (exact) mass is 1920 g/mol. The number of nitrogens with zero attached hydrogens (tertiary/aromatic N) is 12. The number of amides is 2. The highest BCUT2D eigenvalue weighted by Gasteiger charge is 2.29. The number of pyridine rings is 6. The third-order valence-electron chi connectivity index (χ3n) is 23.6. The number of nitrogens with one attached hydrogen (secondary N) is 1. The number of fused-ring (bicyclic) bond motifs is 3. The van der Waals surface area contributed by atoms with Crippen LogP contribution in [0.4, 0.5) is 13.2 Å². The SMILES string of the molecule is CCC(=O)N1CCN(Cc2ccc(-c3cc4nccc(Oc5ccc(CC(=O)CC6CC6)cc5F)c4s3)nc2)CC1.CCN(CC)CC.CN.O=C(Cc1ccc(Oc2ccnc3cc(-c4ccc(CN5CCN(C(=O)CCl)CC5)cn4)sc23)c(F)c1)CC1CC1.O=C(Cc1ccc(Oc2ccnc3cc(-c4ccc(CN5CCNCC5)cn4)sc23)c(F)c1)CC1CC1.O=C(Cl)CCl. The Hall–Kier alpha value is -10.1. The summed E-state index contributed by atoms with van der Waals surface area (Å²) in [6, 6.07) is 37.8. The number of hydrogen-bond donors (Lipinski definition) is 2. The summed E-state index contributed by atoms with van der Waals surface area (Å²) in [6.45, 7) is 24.9. The summed E-state index contributed by atoms with van der Waals surface area (Å²) in [7, 11) is 1.50. The number of carbonyl (C=O) groups is 6. The quantitative estimate of drug-likeness (QED) is 0.0286. The molecule has 18 rings (SSSR count). The van der Waals surface area contributed by atoms with Gasteiger partial charge in [-0.25, -0.2) is 13.2 Å². The fourth-order valence-electron chi connectivity index (χ4n) is 15.7. The Morgan fingerprint density at radius 3 is 0.977 bits per heavy atom. The van der Waals surface area contributed by atoms with Gasteiger partial charge >= 0.3 is 0 Å². The lowest BCUT2D eigenvalue weighted by atomic mass is 10.0. The number of carbonyl (C=O) groups excluding carboxylic acids is 6. The maximum atomic E-state index is 14.9. The summed E-state index contributed by atoms with van der Waals surface area (Å²) in [5, 5.41) is 2.87. The zero-order valence-electron chi connectivity index (χ0n) is 75.8. The van der Waals surface area contributed by atoms with E-state index in [-0.39, 0.29) is 77.4 Å². The van der Waals surface area contributed by atoms with Crippen LogP contribution in [0, 0.1) is 35.2 Å². The van der Waals surface area contributed by atoms with E-state index in [4.69, 9.17) is 64.0 Å². The predicted molar refractivity (Wildman–Crippen MR) is 524 cm³/mol. The van der Waals surface area contributed by atoms with Crippen molar-refractivity contribution < 1.29 is 56.1 Å². The van der Waals surface area contributed by atoms with Crippen LogP contribution in [0.5, 0.6) is 34.5 Å². The first-order valence-electron chi connectivity index (χ1n) is 45.6. The first kappa shape index (κ1) is 100. The molecule has 133 heavy (non-hydrogen) atoms. The maximum Gasteiger partial charge on any atom is 0.237 e. The molecule has 6 fully saturated rings. The number of thiophene rings is 3. The summed E-state index contributed by atoms with van der Waals surface area (Å²) in [4.78, 5) is 113. The van der Waals surface area contributed by atoms with Crippen LogP contribution in [0.2, 0.25) is 0 Å². The van der Waals surface area contributed by atoms with Crippen molar-refractivity contribution in [3.8, 4) is 66.2 Å². The lowest BCUT2D eigenvalue weighted by molar-refractivity contribution is -0.132. The van der Waals surface area contributed by atoms with Crippen LogP contribution in [-0.2, 0) is 67.7 Å². The Morgan fingerprint density at radius 2 is 0.714 bits per heavy atom. The molecule has 2 amide bonds. The molecule has 3 saturated heterocycles. The number of benzene rings is 3. The molecule has 0 atom stereocenters. The molecule has 12 aromatic rings. The minimum Gasteiger partial charge on any atom is -0.453 e. The van der Waals surface area contributed by atoms with E-state index in [0.717, 1.165) is 197 Å². The maximum absolute atomic E-state index is 14.9. The topological polar surface area (TPSA) is 265 Å². The number of Topliss-reactive ketones (excluding diaryl/α,β-unsaturated/α-hetero) is 3. The number of piperazine rings is 3. The lowest BCUT2D eigenvalue weighted by Crippen LogP contribution is -2.48. The normalized spacial score (nSPS) is 15.1. The van der Waals surface area contributed by atoms with E-state index in [1.54, 1.807) is 78.1 Å². The molecule has 3 N–H and O–H groups in total. The molecule has 12 heterocycles. The van der Waals surface area contributed by atoms with Crippen molar-refractivity contribution in [2.75, 3.05) is 117 Å². The molecule has 3 saturated carbocycles. The second-order valence-corrected chi connectivity index (χ2v) is 37.8. The highest BCUT2D eigenvalue weighted by Crippen LogP contribution is 2.44. The van der Waals surface area contributed by atoms with Gasteiger partial charge in [0.25, 0.3) is 0 Å². The van der Waals surface area contributed by atoms with E-state index in [9.17, 15) is 41.9 Å². The Kier molecular flexibility index (Phi) is 37.7. The van der Waals surface area contributed by atoms with Crippen molar-refractivity contribution in [1.82, 2.24) is 64.6 Å². The molecule has 9 aromatic heterocycles. The third kappa shape index (κ3) is 29.9. The van der Waals surface area contributed by atoms with Gasteiger partial charge in [-0.15, -0.1) is 57.2 Å². The van der Waals surface area contributed by atoms with Crippen LogP contribution in [0.3, 0.4) is 0 Å². The van der Waals surface area contributed by atoms with E-state index in [1.807, 2.05) is 66.8 Å². The molecule has 0 unspecified atom stereocenters. The van der Waals surface area contributed by atoms with Gasteiger partial charge in [-0.3, -0.25) is 73.4 Å². The standard InChI is InChI=1S/C32H33FN4O3S.C31H30ClFN4O3S.C29H29FN4O2S.C6H15N.C2H2Cl2O.CH5N/c1-2-31(39)37-13-11-36(12-14-37)20-23-5-7-26(35-19-23)30-18-27-32(41-30)29(9-10-34-27)40-28-8-6-22(17-25(28)33)16-24(38)15-21-3-4-21;32-17-30(39)37-11-9-36(10-12-37)19-22-3-5-25(35-18-22)29-16-26-31(41-29)28(7-8-34-26)40-27-6-4-21(15-24(27)33)14-23(38)13-20-1-2-20;30-23-15-20(14-22(35)13-19-1-2-19)4-6-26(23)36-27-7-8-32-25-16-28(37-29(25)27)24-5-3-21(17-33-24)18-34-11-9-31-10-12-34;1-4-7(5-2)6-3;3-1-2(4)5;1-2/h5-10,17-19,21H,2-4,11-16,20H2,1H3;3-8,15-16,18,20H,1-2,9-14,17,19H2;3-8,15-17,19,31H,1-2,9-14,18H2;4-6H2,1-3H3;1H2;2H2,1H3. The molecule has 23 nitrogen and oxygen atoms in total. The van der Waals surface area contributed by atoms with Crippen molar-refractivity contribution in [3.63, 3.8) is 0 Å². The van der Waals surface area contributed by atoms with E-state index in [2.05, 4.69) is 84.6 Å². The van der Waals surface area contributed by atoms with Crippen LogP contribution in [-0.4, -0.2) is 211 Å². The number of nitrogens with two attached hydrogens (primary N) is 1. The average Bonchev–Trinajstić information content (AvgIpc) is 1.65. The molecular weight excluding hydrogens is 1810 g/mol. The number of alkyl halides is 2. The number of ether oxygens (including phenoxy) is 3. The molecule has 3 aromatic carbocycles. The summed E-state index contributed by atoms with van der Waals surface area (Å²) in [6.07, 6.45) is 20.6. The van der Waals surface area contributed by atoms with Gasteiger partial charge in [0.05, 0.1) is 68.2 Å². The summed E-state index contributed by atoms with van der Waals surface area (Å²) in [5.41, 5.74) is 14.8. The van der Waals surface area contributed by atoms with Gasteiger partial charge in [0.15, 0.2) is 34.7 Å². The van der Waals surface area contributed by atoms with Crippen LogP contribution in [0.25, 0.3) is 62.4 Å². The Morgan fingerprint density at radius 1 is 0.406 bits per heavy atom. The van der Waals surface area contributed by atoms with Gasteiger partial charge in [-0.2, -0.15) is 0 Å². The zero-order valence-corrected chi connectivity index (χ0v) is 80.5.